The SMILES string of the molecule is COC(Cc1ccc(OCc2ccccc2)cc1)OC. The zero-order chi connectivity index (χ0) is 14.2. The molecule has 2 aromatic carbocycles. The van der Waals surface area contributed by atoms with Gasteiger partial charge in [-0.05, 0) is 23.3 Å². The van der Waals surface area contributed by atoms with E-state index in [1.54, 1.807) is 14.2 Å². The van der Waals surface area contributed by atoms with Gasteiger partial charge in [0.25, 0.3) is 0 Å². The van der Waals surface area contributed by atoms with Crippen LogP contribution in [0.5, 0.6) is 5.75 Å². The van der Waals surface area contributed by atoms with Gasteiger partial charge in [-0.15, -0.1) is 0 Å². The van der Waals surface area contributed by atoms with Crippen LogP contribution in [-0.2, 0) is 22.5 Å². The summed E-state index contributed by atoms with van der Waals surface area (Å²) in [5, 5.41) is 0. The Morgan fingerprint density at radius 1 is 0.800 bits per heavy atom. The summed E-state index contributed by atoms with van der Waals surface area (Å²) >= 11 is 0. The first-order valence-electron chi connectivity index (χ1n) is 6.63. The van der Waals surface area contributed by atoms with E-state index in [-0.39, 0.29) is 6.29 Å². The molecule has 2 rings (SSSR count). The molecule has 0 saturated heterocycles. The van der Waals surface area contributed by atoms with Gasteiger partial charge in [0.05, 0.1) is 0 Å². The molecule has 0 atom stereocenters. The van der Waals surface area contributed by atoms with E-state index < -0.39 is 0 Å². The van der Waals surface area contributed by atoms with Gasteiger partial charge >= 0.3 is 0 Å². The minimum atomic E-state index is -0.203. The predicted octanol–water partition coefficient (Wildman–Crippen LogP) is 3.43. The Labute approximate surface area is 120 Å². The van der Waals surface area contributed by atoms with E-state index in [1.807, 2.05) is 42.5 Å². The summed E-state index contributed by atoms with van der Waals surface area (Å²) in [6.45, 7) is 0.582. The minimum absolute atomic E-state index is 0.203. The van der Waals surface area contributed by atoms with Crippen molar-refractivity contribution < 1.29 is 14.2 Å². The van der Waals surface area contributed by atoms with Crippen molar-refractivity contribution in [2.24, 2.45) is 0 Å². The normalized spacial score (nSPS) is 10.8. The number of benzene rings is 2. The number of ether oxygens (including phenoxy) is 3. The van der Waals surface area contributed by atoms with E-state index in [0.29, 0.717) is 6.61 Å². The van der Waals surface area contributed by atoms with Crippen LogP contribution in [0.25, 0.3) is 0 Å². The third-order valence-corrected chi connectivity index (χ3v) is 3.10. The molecule has 0 N–H and O–H groups in total. The van der Waals surface area contributed by atoms with Crippen LogP contribution in [0.3, 0.4) is 0 Å². The Morgan fingerprint density at radius 2 is 1.45 bits per heavy atom. The van der Waals surface area contributed by atoms with Crippen molar-refractivity contribution in [2.75, 3.05) is 14.2 Å². The van der Waals surface area contributed by atoms with E-state index >= 15 is 0 Å². The van der Waals surface area contributed by atoms with Crippen molar-refractivity contribution >= 4 is 0 Å². The van der Waals surface area contributed by atoms with Crippen molar-refractivity contribution in [3.05, 3.63) is 65.7 Å². The van der Waals surface area contributed by atoms with Gasteiger partial charge in [0, 0.05) is 20.6 Å². The Hall–Kier alpha value is -1.84. The summed E-state index contributed by atoms with van der Waals surface area (Å²) in [7, 11) is 3.29. The maximum absolute atomic E-state index is 5.74. The first-order chi connectivity index (χ1) is 9.81. The molecule has 0 aromatic heterocycles. The van der Waals surface area contributed by atoms with E-state index in [1.165, 1.54) is 0 Å². The quantitative estimate of drug-likeness (QED) is 0.723. The third kappa shape index (κ3) is 4.37. The second kappa shape index (κ2) is 7.68. The fourth-order valence-electron chi connectivity index (χ4n) is 1.92. The number of methoxy groups -OCH3 is 2. The first-order valence-corrected chi connectivity index (χ1v) is 6.63. The second-order valence-corrected chi connectivity index (χ2v) is 4.52. The molecule has 3 heteroatoms. The van der Waals surface area contributed by atoms with Gasteiger partial charge < -0.3 is 14.2 Å². The Bertz CT molecular complexity index is 489. The maximum atomic E-state index is 5.74. The maximum Gasteiger partial charge on any atom is 0.160 e. The first kappa shape index (κ1) is 14.6. The molecule has 0 heterocycles. The molecule has 20 heavy (non-hydrogen) atoms. The van der Waals surface area contributed by atoms with Crippen LogP contribution < -0.4 is 4.74 Å². The fourth-order valence-corrected chi connectivity index (χ4v) is 1.92. The molecule has 3 nitrogen and oxygen atoms in total. The fraction of sp³-hybridized carbons (Fsp3) is 0.294. The molecule has 0 bridgehead atoms. The molecular formula is C17H20O3. The molecule has 0 unspecified atom stereocenters. The van der Waals surface area contributed by atoms with Crippen LogP contribution in [0.15, 0.2) is 54.6 Å². The summed E-state index contributed by atoms with van der Waals surface area (Å²) in [6, 6.07) is 18.1. The number of hydrogen-bond donors (Lipinski definition) is 0. The summed E-state index contributed by atoms with van der Waals surface area (Å²) in [5.74, 6) is 0.865. The average molecular weight is 272 g/mol. The highest BCUT2D eigenvalue weighted by Crippen LogP contribution is 2.15. The van der Waals surface area contributed by atoms with Gasteiger partial charge in [0.2, 0.25) is 0 Å². The Balaban J connectivity index is 1.88. The van der Waals surface area contributed by atoms with E-state index in [0.717, 1.165) is 23.3 Å². The van der Waals surface area contributed by atoms with Gasteiger partial charge in [-0.1, -0.05) is 42.5 Å². The van der Waals surface area contributed by atoms with Crippen molar-refractivity contribution in [3.8, 4) is 5.75 Å². The predicted molar refractivity (Wildman–Crippen MR) is 78.7 cm³/mol. The van der Waals surface area contributed by atoms with E-state index in [9.17, 15) is 0 Å². The van der Waals surface area contributed by atoms with Crippen LogP contribution in [0.1, 0.15) is 11.1 Å². The van der Waals surface area contributed by atoms with Crippen LogP contribution in [0.2, 0.25) is 0 Å². The molecule has 2 aromatic rings. The van der Waals surface area contributed by atoms with Gasteiger partial charge in [-0.25, -0.2) is 0 Å². The molecule has 0 fully saturated rings. The average Bonchev–Trinajstić information content (AvgIpc) is 2.53. The lowest BCUT2D eigenvalue weighted by Gasteiger charge is -2.13. The van der Waals surface area contributed by atoms with Gasteiger partial charge in [0.15, 0.2) is 6.29 Å². The monoisotopic (exact) mass is 272 g/mol. The second-order valence-electron chi connectivity index (χ2n) is 4.52. The van der Waals surface area contributed by atoms with Gasteiger partial charge in [-0.2, -0.15) is 0 Å². The molecule has 0 spiro atoms. The highest BCUT2D eigenvalue weighted by molar-refractivity contribution is 5.28. The standard InChI is InChI=1S/C17H20O3/c1-18-17(19-2)12-14-8-10-16(11-9-14)20-13-15-6-4-3-5-7-15/h3-11,17H,12-13H2,1-2H3. The van der Waals surface area contributed by atoms with E-state index in [2.05, 4.69) is 12.1 Å². The van der Waals surface area contributed by atoms with Crippen molar-refractivity contribution in [2.45, 2.75) is 19.3 Å². The van der Waals surface area contributed by atoms with Crippen LogP contribution in [0.4, 0.5) is 0 Å². The van der Waals surface area contributed by atoms with Gasteiger partial charge in [-0.3, -0.25) is 0 Å². The molecule has 0 amide bonds. The molecule has 0 aliphatic rings. The Morgan fingerprint density at radius 3 is 2.05 bits per heavy atom. The smallest absolute Gasteiger partial charge is 0.160 e. The largest absolute Gasteiger partial charge is 0.489 e. The molecule has 106 valence electrons. The zero-order valence-electron chi connectivity index (χ0n) is 11.9. The summed E-state index contributed by atoms with van der Waals surface area (Å²) in [6.07, 6.45) is 0.525. The van der Waals surface area contributed by atoms with Crippen LogP contribution >= 0.6 is 0 Å². The van der Waals surface area contributed by atoms with E-state index in [4.69, 9.17) is 14.2 Å². The third-order valence-electron chi connectivity index (χ3n) is 3.10. The highest BCUT2D eigenvalue weighted by atomic mass is 16.7. The highest BCUT2D eigenvalue weighted by Gasteiger charge is 2.06. The van der Waals surface area contributed by atoms with Crippen molar-refractivity contribution in [3.63, 3.8) is 0 Å². The van der Waals surface area contributed by atoms with Gasteiger partial charge in [0.1, 0.15) is 12.4 Å². The summed E-state index contributed by atoms with van der Waals surface area (Å²) in [4.78, 5) is 0. The van der Waals surface area contributed by atoms with Crippen LogP contribution in [-0.4, -0.2) is 20.5 Å². The zero-order valence-corrected chi connectivity index (χ0v) is 11.9. The van der Waals surface area contributed by atoms with Crippen molar-refractivity contribution in [1.82, 2.24) is 0 Å². The Kier molecular flexibility index (Phi) is 5.59. The minimum Gasteiger partial charge on any atom is -0.489 e. The lowest BCUT2D eigenvalue weighted by Crippen LogP contribution is -2.15. The lowest BCUT2D eigenvalue weighted by molar-refractivity contribution is -0.100. The van der Waals surface area contributed by atoms with Crippen molar-refractivity contribution in [1.29, 1.82) is 0 Å². The molecule has 0 aliphatic carbocycles. The molecule has 0 aliphatic heterocycles. The summed E-state index contributed by atoms with van der Waals surface area (Å²) in [5.41, 5.74) is 2.32. The molecule has 0 saturated carbocycles. The molecular weight excluding hydrogens is 252 g/mol. The summed E-state index contributed by atoms with van der Waals surface area (Å²) < 4.78 is 16.1. The molecule has 0 radical (unpaired) electrons. The lowest BCUT2D eigenvalue weighted by atomic mass is 10.1. The topological polar surface area (TPSA) is 27.7 Å². The number of hydrogen-bond acceptors (Lipinski definition) is 3. The number of rotatable bonds is 7. The van der Waals surface area contributed by atoms with Crippen LogP contribution in [0, 0.1) is 0 Å².